The first-order chi connectivity index (χ1) is 11.8. The van der Waals surface area contributed by atoms with Crippen molar-refractivity contribution in [2.45, 2.75) is 17.7 Å². The highest BCUT2D eigenvalue weighted by Gasteiger charge is 2.09. The molecule has 4 nitrogen and oxygen atoms in total. The number of anilines is 1. The second-order valence-corrected chi connectivity index (χ2v) is 7.25. The number of thioether (sulfide) groups is 1. The van der Waals surface area contributed by atoms with Crippen molar-refractivity contribution in [2.75, 3.05) is 11.1 Å². The van der Waals surface area contributed by atoms with Gasteiger partial charge in [-0.05, 0) is 24.1 Å². The Morgan fingerprint density at radius 1 is 0.958 bits per heavy atom. The van der Waals surface area contributed by atoms with Crippen LogP contribution < -0.4 is 5.32 Å². The van der Waals surface area contributed by atoms with Crippen molar-refractivity contribution in [3.8, 4) is 0 Å². The largest absolute Gasteiger partial charge is 0.300 e. The topological polar surface area (TPSA) is 54.9 Å². The van der Waals surface area contributed by atoms with Crippen LogP contribution in [0.3, 0.4) is 0 Å². The SMILES string of the molecule is O=C(CSc1ccccc1)Nc1nnc(CCc2ccccc2)s1. The van der Waals surface area contributed by atoms with Gasteiger partial charge >= 0.3 is 0 Å². The zero-order valence-corrected chi connectivity index (χ0v) is 14.6. The summed E-state index contributed by atoms with van der Waals surface area (Å²) in [5.74, 6) is 0.303. The molecule has 3 rings (SSSR count). The van der Waals surface area contributed by atoms with Crippen LogP contribution in [0.25, 0.3) is 0 Å². The van der Waals surface area contributed by atoms with E-state index in [1.165, 1.54) is 28.7 Å². The number of hydrogen-bond donors (Lipinski definition) is 1. The third-order valence-electron chi connectivity index (χ3n) is 3.30. The van der Waals surface area contributed by atoms with Crippen LogP contribution in [0.15, 0.2) is 65.6 Å². The molecular weight excluding hydrogens is 338 g/mol. The minimum absolute atomic E-state index is 0.0605. The Kier molecular flexibility index (Phi) is 5.98. The van der Waals surface area contributed by atoms with Crippen LogP contribution in [0.2, 0.25) is 0 Å². The van der Waals surface area contributed by atoms with E-state index in [0.717, 1.165) is 22.7 Å². The molecule has 1 amide bonds. The van der Waals surface area contributed by atoms with E-state index in [-0.39, 0.29) is 5.91 Å². The van der Waals surface area contributed by atoms with Gasteiger partial charge in [-0.2, -0.15) is 0 Å². The quantitative estimate of drug-likeness (QED) is 0.650. The molecule has 0 bridgehead atoms. The summed E-state index contributed by atoms with van der Waals surface area (Å²) in [7, 11) is 0. The van der Waals surface area contributed by atoms with Gasteiger partial charge in [0.15, 0.2) is 0 Å². The number of rotatable bonds is 7. The molecule has 0 aliphatic heterocycles. The number of nitrogens with one attached hydrogen (secondary N) is 1. The minimum Gasteiger partial charge on any atom is -0.300 e. The maximum absolute atomic E-state index is 12.0. The molecule has 0 aliphatic rings. The Labute approximate surface area is 149 Å². The summed E-state index contributed by atoms with van der Waals surface area (Å²) in [6.45, 7) is 0. The van der Waals surface area contributed by atoms with Crippen molar-refractivity contribution < 1.29 is 4.79 Å². The summed E-state index contributed by atoms with van der Waals surface area (Å²) in [6, 6.07) is 20.1. The molecule has 0 radical (unpaired) electrons. The third kappa shape index (κ3) is 5.18. The van der Waals surface area contributed by atoms with Crippen LogP contribution in [-0.2, 0) is 17.6 Å². The van der Waals surface area contributed by atoms with Crippen LogP contribution in [0.4, 0.5) is 5.13 Å². The maximum Gasteiger partial charge on any atom is 0.236 e. The monoisotopic (exact) mass is 355 g/mol. The number of amides is 1. The standard InChI is InChI=1S/C18H17N3OS2/c22-16(13-23-15-9-5-2-6-10-15)19-18-21-20-17(24-18)12-11-14-7-3-1-4-8-14/h1-10H,11-13H2,(H,19,21,22). The summed E-state index contributed by atoms with van der Waals surface area (Å²) in [4.78, 5) is 13.1. The third-order valence-corrected chi connectivity index (χ3v) is 5.21. The first kappa shape index (κ1) is 16.7. The van der Waals surface area contributed by atoms with Gasteiger partial charge in [0.25, 0.3) is 0 Å². The summed E-state index contributed by atoms with van der Waals surface area (Å²) < 4.78 is 0. The fraction of sp³-hybridized carbons (Fsp3) is 0.167. The second-order valence-electron chi connectivity index (χ2n) is 5.14. The Hall–Kier alpha value is -2.18. The number of carbonyl (C=O) groups excluding carboxylic acids is 1. The molecule has 6 heteroatoms. The van der Waals surface area contributed by atoms with Gasteiger partial charge in [-0.3, -0.25) is 10.1 Å². The average Bonchev–Trinajstić information content (AvgIpc) is 3.07. The van der Waals surface area contributed by atoms with Gasteiger partial charge in [-0.1, -0.05) is 59.9 Å². The van der Waals surface area contributed by atoms with Gasteiger partial charge in [-0.15, -0.1) is 22.0 Å². The van der Waals surface area contributed by atoms with Gasteiger partial charge in [0.05, 0.1) is 5.75 Å². The Morgan fingerprint density at radius 3 is 2.42 bits per heavy atom. The van der Waals surface area contributed by atoms with E-state index >= 15 is 0 Å². The number of nitrogens with zero attached hydrogens (tertiary/aromatic N) is 2. The van der Waals surface area contributed by atoms with Crippen LogP contribution in [0.5, 0.6) is 0 Å². The van der Waals surface area contributed by atoms with E-state index < -0.39 is 0 Å². The molecule has 0 saturated heterocycles. The molecule has 2 aromatic carbocycles. The summed E-state index contributed by atoms with van der Waals surface area (Å²) >= 11 is 2.95. The smallest absolute Gasteiger partial charge is 0.236 e. The molecule has 0 spiro atoms. The normalized spacial score (nSPS) is 10.5. The first-order valence-electron chi connectivity index (χ1n) is 7.63. The van der Waals surface area contributed by atoms with Crippen LogP contribution in [-0.4, -0.2) is 21.9 Å². The Morgan fingerprint density at radius 2 is 1.67 bits per heavy atom. The Balaban J connectivity index is 1.46. The number of aromatic nitrogens is 2. The van der Waals surface area contributed by atoms with Gasteiger partial charge in [-0.25, -0.2) is 0 Å². The Bertz CT molecular complexity index is 775. The van der Waals surface area contributed by atoms with E-state index in [2.05, 4.69) is 27.6 Å². The van der Waals surface area contributed by atoms with Crippen molar-refractivity contribution in [1.29, 1.82) is 0 Å². The van der Waals surface area contributed by atoms with Gasteiger partial charge in [0, 0.05) is 11.3 Å². The molecule has 0 unspecified atom stereocenters. The predicted molar refractivity (Wildman–Crippen MR) is 99.6 cm³/mol. The van der Waals surface area contributed by atoms with E-state index in [4.69, 9.17) is 0 Å². The van der Waals surface area contributed by atoms with E-state index in [9.17, 15) is 4.79 Å². The van der Waals surface area contributed by atoms with Crippen LogP contribution in [0, 0.1) is 0 Å². The maximum atomic E-state index is 12.0. The van der Waals surface area contributed by atoms with E-state index in [0.29, 0.717) is 10.9 Å². The molecule has 0 fully saturated rings. The van der Waals surface area contributed by atoms with Crippen molar-refractivity contribution >= 4 is 34.1 Å². The minimum atomic E-state index is -0.0605. The molecule has 3 aromatic rings. The molecule has 0 atom stereocenters. The van der Waals surface area contributed by atoms with Gasteiger partial charge in [0.2, 0.25) is 11.0 Å². The highest BCUT2D eigenvalue weighted by Crippen LogP contribution is 2.20. The zero-order valence-electron chi connectivity index (χ0n) is 13.0. The lowest BCUT2D eigenvalue weighted by molar-refractivity contribution is -0.113. The molecule has 0 aliphatic carbocycles. The molecule has 122 valence electrons. The van der Waals surface area contributed by atoms with Crippen molar-refractivity contribution in [3.05, 3.63) is 71.2 Å². The molecule has 0 saturated carbocycles. The number of aryl methyl sites for hydroxylation is 2. The van der Waals surface area contributed by atoms with Gasteiger partial charge < -0.3 is 0 Å². The summed E-state index contributed by atoms with van der Waals surface area (Å²) in [5.41, 5.74) is 1.28. The summed E-state index contributed by atoms with van der Waals surface area (Å²) in [5, 5.41) is 12.5. The van der Waals surface area contributed by atoms with Crippen molar-refractivity contribution in [3.63, 3.8) is 0 Å². The van der Waals surface area contributed by atoms with Crippen molar-refractivity contribution in [1.82, 2.24) is 10.2 Å². The predicted octanol–water partition coefficient (Wildman–Crippen LogP) is 4.05. The lowest BCUT2D eigenvalue weighted by Crippen LogP contribution is -2.13. The highest BCUT2D eigenvalue weighted by atomic mass is 32.2. The molecule has 24 heavy (non-hydrogen) atoms. The molecule has 1 aromatic heterocycles. The van der Waals surface area contributed by atoms with E-state index in [1.54, 1.807) is 0 Å². The highest BCUT2D eigenvalue weighted by molar-refractivity contribution is 8.00. The lowest BCUT2D eigenvalue weighted by atomic mass is 10.1. The number of hydrogen-bond acceptors (Lipinski definition) is 5. The molecule has 1 heterocycles. The van der Waals surface area contributed by atoms with Crippen molar-refractivity contribution in [2.24, 2.45) is 0 Å². The molecular formula is C18H17N3OS2. The van der Waals surface area contributed by atoms with Crippen LogP contribution >= 0.6 is 23.1 Å². The first-order valence-corrected chi connectivity index (χ1v) is 9.44. The summed E-state index contributed by atoms with van der Waals surface area (Å²) in [6.07, 6.45) is 1.75. The van der Waals surface area contributed by atoms with E-state index in [1.807, 2.05) is 48.5 Å². The fourth-order valence-electron chi connectivity index (χ4n) is 2.12. The second kappa shape index (κ2) is 8.61. The van der Waals surface area contributed by atoms with Crippen LogP contribution in [0.1, 0.15) is 10.6 Å². The zero-order chi connectivity index (χ0) is 16.6. The fourth-order valence-corrected chi connectivity index (χ4v) is 3.60. The average molecular weight is 355 g/mol. The lowest BCUT2D eigenvalue weighted by Gasteiger charge is -2.01. The molecule has 1 N–H and O–H groups in total. The number of benzene rings is 2. The van der Waals surface area contributed by atoms with Gasteiger partial charge in [0.1, 0.15) is 5.01 Å². The number of carbonyl (C=O) groups is 1.